The minimum Gasteiger partial charge on any atom is -0.383 e. The lowest BCUT2D eigenvalue weighted by molar-refractivity contribution is 0.609. The van der Waals surface area contributed by atoms with Crippen LogP contribution in [-0.4, -0.2) is 22.6 Å². The Morgan fingerprint density at radius 1 is 1.16 bits per heavy atom. The van der Waals surface area contributed by atoms with Crippen LogP contribution in [0.1, 0.15) is 62.8 Å². The molecule has 0 radical (unpaired) electrons. The molecule has 1 heterocycles. The molecule has 104 valence electrons. The Morgan fingerprint density at radius 3 is 2.42 bits per heavy atom. The van der Waals surface area contributed by atoms with E-state index in [9.17, 15) is 0 Å². The summed E-state index contributed by atoms with van der Waals surface area (Å²) < 4.78 is 0. The molecule has 0 bridgehead atoms. The molecule has 0 aromatic carbocycles. The van der Waals surface area contributed by atoms with Gasteiger partial charge in [-0.2, -0.15) is 0 Å². The standard InChI is InChI=1S/C15H24N4/c1-3-19(12-6-4-5-7-12)15-10(2)13(16)17-14(18-15)11-8-9-11/h11-12H,3-9H2,1-2H3,(H2,16,17,18). The Morgan fingerprint density at radius 2 is 1.84 bits per heavy atom. The fourth-order valence-electron chi connectivity index (χ4n) is 3.14. The lowest BCUT2D eigenvalue weighted by Gasteiger charge is -2.30. The molecule has 4 heteroatoms. The van der Waals surface area contributed by atoms with Crippen LogP contribution >= 0.6 is 0 Å². The molecule has 0 saturated heterocycles. The van der Waals surface area contributed by atoms with E-state index in [1.807, 2.05) is 0 Å². The highest BCUT2D eigenvalue weighted by atomic mass is 15.2. The SMILES string of the molecule is CCN(c1nc(C2CC2)nc(N)c1C)C1CCCC1. The van der Waals surface area contributed by atoms with Gasteiger partial charge in [0.1, 0.15) is 17.5 Å². The van der Waals surface area contributed by atoms with Crippen molar-refractivity contribution in [3.63, 3.8) is 0 Å². The molecule has 2 aliphatic rings. The molecule has 0 amide bonds. The summed E-state index contributed by atoms with van der Waals surface area (Å²) >= 11 is 0. The number of rotatable bonds is 4. The number of nitrogen functional groups attached to an aromatic ring is 1. The van der Waals surface area contributed by atoms with Gasteiger partial charge in [-0.05, 0) is 39.5 Å². The number of hydrogen-bond acceptors (Lipinski definition) is 4. The first kappa shape index (κ1) is 12.7. The van der Waals surface area contributed by atoms with Crippen LogP contribution in [-0.2, 0) is 0 Å². The maximum absolute atomic E-state index is 6.10. The second kappa shape index (κ2) is 4.99. The maximum atomic E-state index is 6.10. The van der Waals surface area contributed by atoms with Crippen molar-refractivity contribution in [2.45, 2.75) is 64.3 Å². The fraction of sp³-hybridized carbons (Fsp3) is 0.733. The second-order valence-corrected chi connectivity index (χ2v) is 5.91. The van der Waals surface area contributed by atoms with E-state index in [0.29, 0.717) is 17.8 Å². The molecule has 3 rings (SSSR count). The van der Waals surface area contributed by atoms with E-state index in [-0.39, 0.29) is 0 Å². The van der Waals surface area contributed by atoms with Crippen molar-refractivity contribution in [2.75, 3.05) is 17.2 Å². The van der Waals surface area contributed by atoms with Gasteiger partial charge in [-0.1, -0.05) is 12.8 Å². The topological polar surface area (TPSA) is 55.0 Å². The van der Waals surface area contributed by atoms with Crippen LogP contribution in [0.5, 0.6) is 0 Å². The van der Waals surface area contributed by atoms with Gasteiger partial charge in [0.25, 0.3) is 0 Å². The summed E-state index contributed by atoms with van der Waals surface area (Å²) in [7, 11) is 0. The molecule has 1 aromatic heterocycles. The molecule has 2 N–H and O–H groups in total. The smallest absolute Gasteiger partial charge is 0.137 e. The van der Waals surface area contributed by atoms with Gasteiger partial charge < -0.3 is 10.6 Å². The monoisotopic (exact) mass is 260 g/mol. The van der Waals surface area contributed by atoms with Crippen molar-refractivity contribution >= 4 is 11.6 Å². The number of anilines is 2. The van der Waals surface area contributed by atoms with Crippen molar-refractivity contribution < 1.29 is 0 Å². The first-order valence-electron chi connectivity index (χ1n) is 7.61. The molecule has 4 nitrogen and oxygen atoms in total. The first-order chi connectivity index (χ1) is 9.20. The summed E-state index contributed by atoms with van der Waals surface area (Å²) in [5.74, 6) is 3.28. The van der Waals surface area contributed by atoms with E-state index in [1.54, 1.807) is 0 Å². The normalized spacial score (nSPS) is 19.9. The lowest BCUT2D eigenvalue weighted by atomic mass is 10.2. The zero-order valence-corrected chi connectivity index (χ0v) is 12.0. The summed E-state index contributed by atoms with van der Waals surface area (Å²) in [6.07, 6.45) is 7.70. The first-order valence-corrected chi connectivity index (χ1v) is 7.61. The molecular formula is C15H24N4. The van der Waals surface area contributed by atoms with Gasteiger partial charge in [-0.25, -0.2) is 9.97 Å². The summed E-state index contributed by atoms with van der Waals surface area (Å²) in [5, 5.41) is 0. The van der Waals surface area contributed by atoms with E-state index >= 15 is 0 Å². The van der Waals surface area contributed by atoms with Crippen molar-refractivity contribution in [1.82, 2.24) is 9.97 Å². The number of hydrogen-bond donors (Lipinski definition) is 1. The third-order valence-corrected chi connectivity index (χ3v) is 4.50. The van der Waals surface area contributed by atoms with Gasteiger partial charge in [-0.15, -0.1) is 0 Å². The minimum atomic E-state index is 0.559. The average Bonchev–Trinajstić information content (AvgIpc) is 3.12. The van der Waals surface area contributed by atoms with Crippen LogP contribution in [0.2, 0.25) is 0 Å². The van der Waals surface area contributed by atoms with Crippen LogP contribution in [0.25, 0.3) is 0 Å². The van der Waals surface area contributed by atoms with E-state index < -0.39 is 0 Å². The quantitative estimate of drug-likeness (QED) is 0.904. The van der Waals surface area contributed by atoms with Gasteiger partial charge in [0.15, 0.2) is 0 Å². The van der Waals surface area contributed by atoms with Crippen LogP contribution < -0.4 is 10.6 Å². The average molecular weight is 260 g/mol. The molecular weight excluding hydrogens is 236 g/mol. The van der Waals surface area contributed by atoms with Gasteiger partial charge in [0, 0.05) is 24.1 Å². The molecule has 0 spiro atoms. The Labute approximate surface area is 115 Å². The number of aromatic nitrogens is 2. The number of nitrogens with zero attached hydrogens (tertiary/aromatic N) is 3. The van der Waals surface area contributed by atoms with E-state index in [4.69, 9.17) is 10.7 Å². The molecule has 2 aliphatic carbocycles. The Balaban J connectivity index is 1.96. The largest absolute Gasteiger partial charge is 0.383 e. The summed E-state index contributed by atoms with van der Waals surface area (Å²) in [6.45, 7) is 5.28. The highest BCUT2D eigenvalue weighted by molar-refractivity contribution is 5.57. The molecule has 2 saturated carbocycles. The zero-order valence-electron chi connectivity index (χ0n) is 12.0. The Bertz CT molecular complexity index is 461. The molecule has 0 unspecified atom stereocenters. The predicted octanol–water partition coefficient (Wildman–Crippen LogP) is 3.01. The molecule has 0 aliphatic heterocycles. The van der Waals surface area contributed by atoms with Gasteiger partial charge in [0.2, 0.25) is 0 Å². The van der Waals surface area contributed by atoms with Crippen molar-refractivity contribution in [3.8, 4) is 0 Å². The third-order valence-electron chi connectivity index (χ3n) is 4.50. The highest BCUT2D eigenvalue weighted by Crippen LogP contribution is 2.40. The van der Waals surface area contributed by atoms with Crippen LogP contribution in [0, 0.1) is 6.92 Å². The molecule has 2 fully saturated rings. The van der Waals surface area contributed by atoms with E-state index in [0.717, 1.165) is 23.8 Å². The highest BCUT2D eigenvalue weighted by Gasteiger charge is 2.30. The molecule has 0 atom stereocenters. The van der Waals surface area contributed by atoms with Crippen molar-refractivity contribution in [3.05, 3.63) is 11.4 Å². The summed E-state index contributed by atoms with van der Waals surface area (Å²) in [5.41, 5.74) is 7.15. The van der Waals surface area contributed by atoms with Crippen molar-refractivity contribution in [1.29, 1.82) is 0 Å². The predicted molar refractivity (Wildman–Crippen MR) is 78.4 cm³/mol. The van der Waals surface area contributed by atoms with Gasteiger partial charge in [-0.3, -0.25) is 0 Å². The van der Waals surface area contributed by atoms with Crippen LogP contribution in [0.15, 0.2) is 0 Å². The van der Waals surface area contributed by atoms with Gasteiger partial charge >= 0.3 is 0 Å². The van der Waals surface area contributed by atoms with E-state index in [1.165, 1.54) is 38.5 Å². The summed E-state index contributed by atoms with van der Waals surface area (Å²) in [4.78, 5) is 11.8. The van der Waals surface area contributed by atoms with Gasteiger partial charge in [0.05, 0.1) is 0 Å². The minimum absolute atomic E-state index is 0.559. The van der Waals surface area contributed by atoms with Crippen molar-refractivity contribution in [2.24, 2.45) is 0 Å². The fourth-order valence-corrected chi connectivity index (χ4v) is 3.14. The third kappa shape index (κ3) is 2.40. The lowest BCUT2D eigenvalue weighted by Crippen LogP contribution is -2.34. The molecule has 19 heavy (non-hydrogen) atoms. The Kier molecular flexibility index (Phi) is 3.33. The summed E-state index contributed by atoms with van der Waals surface area (Å²) in [6, 6.07) is 0.644. The van der Waals surface area contributed by atoms with Crippen LogP contribution in [0.3, 0.4) is 0 Å². The molecule has 1 aromatic rings. The Hall–Kier alpha value is -1.32. The number of nitrogens with two attached hydrogens (primary N) is 1. The maximum Gasteiger partial charge on any atom is 0.137 e. The zero-order chi connectivity index (χ0) is 13.4. The second-order valence-electron chi connectivity index (χ2n) is 5.91. The van der Waals surface area contributed by atoms with E-state index in [2.05, 4.69) is 23.7 Å². The van der Waals surface area contributed by atoms with Crippen LogP contribution in [0.4, 0.5) is 11.6 Å².